The van der Waals surface area contributed by atoms with Crippen molar-refractivity contribution in [2.24, 2.45) is 5.92 Å². The third kappa shape index (κ3) is 5.23. The zero-order chi connectivity index (χ0) is 23.6. The van der Waals surface area contributed by atoms with Crippen LogP contribution in [0.3, 0.4) is 0 Å². The highest BCUT2D eigenvalue weighted by Gasteiger charge is 2.30. The van der Waals surface area contributed by atoms with E-state index in [0.717, 1.165) is 12.8 Å². The molecule has 11 nitrogen and oxygen atoms in total. The first-order chi connectivity index (χ1) is 15.8. The quantitative estimate of drug-likeness (QED) is 0.267. The highest BCUT2D eigenvalue weighted by atomic mass is 32.2. The van der Waals surface area contributed by atoms with Crippen LogP contribution in [0.4, 0.5) is 11.6 Å². The van der Waals surface area contributed by atoms with Crippen LogP contribution in [0, 0.1) is 5.92 Å². The predicted molar refractivity (Wildman–Crippen MR) is 118 cm³/mol. The number of ether oxygens (including phenoxy) is 1. The molecule has 12 heteroatoms. The SMILES string of the molecule is COC(=O)C(CO)Nc1ccc(S(=O)(=O)Oc2ccc3[nH]c(NC(=O)C4CC4)nc3c2)cc1. The number of carbonyl (C=O) groups is 2. The molecule has 0 spiro atoms. The Labute approximate surface area is 189 Å². The van der Waals surface area contributed by atoms with E-state index in [1.54, 1.807) is 6.07 Å². The van der Waals surface area contributed by atoms with E-state index in [0.29, 0.717) is 16.7 Å². The standard InChI is InChI=1S/C21H22N4O7S/c1-31-20(28)18(11-26)22-13-4-7-15(8-5-13)33(29,30)32-14-6-9-16-17(10-14)24-21(23-16)25-19(27)12-2-3-12/h4-10,12,18,22,26H,2-3,11H2,1H3,(H2,23,24,25,27). The molecule has 3 aromatic rings. The Hall–Kier alpha value is -3.64. The number of nitrogens with zero attached hydrogens (tertiary/aromatic N) is 1. The number of methoxy groups -OCH3 is 1. The number of imidazole rings is 1. The Morgan fingerprint density at radius 1 is 1.21 bits per heavy atom. The molecule has 1 fully saturated rings. The van der Waals surface area contributed by atoms with E-state index >= 15 is 0 Å². The number of carbonyl (C=O) groups excluding carboxylic acids is 2. The normalized spacial score (nSPS) is 14.5. The maximum atomic E-state index is 12.7. The van der Waals surface area contributed by atoms with Gasteiger partial charge >= 0.3 is 16.1 Å². The fourth-order valence-corrected chi connectivity index (χ4v) is 4.00. The number of rotatable bonds is 9. The monoisotopic (exact) mass is 474 g/mol. The molecule has 1 aliphatic rings. The smallest absolute Gasteiger partial charge is 0.339 e. The number of hydrogen-bond acceptors (Lipinski definition) is 9. The molecule has 1 heterocycles. The van der Waals surface area contributed by atoms with Crippen LogP contribution in [-0.4, -0.2) is 55.1 Å². The van der Waals surface area contributed by atoms with Gasteiger partial charge in [-0.05, 0) is 49.2 Å². The fraction of sp³-hybridized carbons (Fsp3) is 0.286. The van der Waals surface area contributed by atoms with Gasteiger partial charge in [-0.2, -0.15) is 8.42 Å². The van der Waals surface area contributed by atoms with E-state index in [1.165, 1.54) is 43.5 Å². The molecule has 0 bridgehead atoms. The van der Waals surface area contributed by atoms with E-state index in [9.17, 15) is 23.1 Å². The van der Waals surface area contributed by atoms with E-state index in [2.05, 4.69) is 25.3 Å². The number of hydrogen-bond donors (Lipinski definition) is 4. The summed E-state index contributed by atoms with van der Waals surface area (Å²) < 4.78 is 35.2. The van der Waals surface area contributed by atoms with Gasteiger partial charge in [-0.1, -0.05) is 0 Å². The van der Waals surface area contributed by atoms with Gasteiger partial charge in [-0.25, -0.2) is 9.78 Å². The van der Waals surface area contributed by atoms with Crippen LogP contribution in [0.25, 0.3) is 11.0 Å². The lowest BCUT2D eigenvalue weighted by Gasteiger charge is -2.15. The van der Waals surface area contributed by atoms with Crippen LogP contribution >= 0.6 is 0 Å². The molecular weight excluding hydrogens is 452 g/mol. The van der Waals surface area contributed by atoms with Gasteiger partial charge in [0.05, 0.1) is 24.8 Å². The Bertz CT molecular complexity index is 1280. The summed E-state index contributed by atoms with van der Waals surface area (Å²) in [5.41, 5.74) is 1.47. The van der Waals surface area contributed by atoms with Crippen molar-refractivity contribution >= 4 is 44.7 Å². The number of aromatic nitrogens is 2. The van der Waals surface area contributed by atoms with Crippen molar-refractivity contribution in [3.63, 3.8) is 0 Å². The molecule has 1 saturated carbocycles. The molecule has 1 unspecified atom stereocenters. The van der Waals surface area contributed by atoms with E-state index in [4.69, 9.17) is 4.18 Å². The topological polar surface area (TPSA) is 160 Å². The first-order valence-electron chi connectivity index (χ1n) is 10.1. The summed E-state index contributed by atoms with van der Waals surface area (Å²) in [4.78, 5) is 30.6. The van der Waals surface area contributed by atoms with Crippen molar-refractivity contribution in [1.29, 1.82) is 0 Å². The number of H-pyrrole nitrogens is 1. The van der Waals surface area contributed by atoms with Gasteiger partial charge in [-0.15, -0.1) is 0 Å². The van der Waals surface area contributed by atoms with Gasteiger partial charge in [0, 0.05) is 17.7 Å². The lowest BCUT2D eigenvalue weighted by Crippen LogP contribution is -2.34. The number of fused-ring (bicyclic) bond motifs is 1. The molecule has 1 aromatic heterocycles. The molecule has 0 aliphatic heterocycles. The van der Waals surface area contributed by atoms with Crippen molar-refractivity contribution in [3.05, 3.63) is 42.5 Å². The molecular formula is C21H22N4O7S. The Morgan fingerprint density at radius 2 is 1.94 bits per heavy atom. The molecule has 0 saturated heterocycles. The maximum Gasteiger partial charge on any atom is 0.339 e. The van der Waals surface area contributed by atoms with Gasteiger partial charge in [0.2, 0.25) is 11.9 Å². The number of aliphatic hydroxyl groups is 1. The zero-order valence-electron chi connectivity index (χ0n) is 17.6. The molecule has 33 heavy (non-hydrogen) atoms. The second-order valence-corrected chi connectivity index (χ2v) is 9.04. The second-order valence-electron chi connectivity index (χ2n) is 7.49. The minimum atomic E-state index is -4.15. The molecule has 1 atom stereocenters. The third-order valence-electron chi connectivity index (χ3n) is 5.00. The lowest BCUT2D eigenvalue weighted by atomic mass is 10.2. The van der Waals surface area contributed by atoms with Crippen LogP contribution < -0.4 is 14.8 Å². The summed E-state index contributed by atoms with van der Waals surface area (Å²) in [6.45, 7) is -0.489. The fourth-order valence-electron chi connectivity index (χ4n) is 3.08. The summed E-state index contributed by atoms with van der Waals surface area (Å²) in [6, 6.07) is 9.05. The first-order valence-corrected chi connectivity index (χ1v) is 11.5. The highest BCUT2D eigenvalue weighted by molar-refractivity contribution is 7.87. The molecule has 4 rings (SSSR count). The van der Waals surface area contributed by atoms with Gasteiger partial charge in [0.15, 0.2) is 0 Å². The average Bonchev–Trinajstić information content (AvgIpc) is 3.58. The van der Waals surface area contributed by atoms with Crippen LogP contribution in [0.15, 0.2) is 47.4 Å². The summed E-state index contributed by atoms with van der Waals surface area (Å²) in [7, 11) is -2.95. The number of aliphatic hydroxyl groups excluding tert-OH is 1. The van der Waals surface area contributed by atoms with Crippen molar-refractivity contribution in [2.45, 2.75) is 23.8 Å². The van der Waals surface area contributed by atoms with Crippen molar-refractivity contribution < 1.29 is 32.0 Å². The summed E-state index contributed by atoms with van der Waals surface area (Å²) in [5, 5.41) is 14.7. The van der Waals surface area contributed by atoms with Gasteiger partial charge in [0.1, 0.15) is 16.7 Å². The van der Waals surface area contributed by atoms with Gasteiger partial charge in [-0.3, -0.25) is 10.1 Å². The molecule has 0 radical (unpaired) electrons. The lowest BCUT2D eigenvalue weighted by molar-refractivity contribution is -0.142. The number of benzene rings is 2. The van der Waals surface area contributed by atoms with Crippen LogP contribution in [-0.2, 0) is 24.4 Å². The van der Waals surface area contributed by atoms with Crippen molar-refractivity contribution in [2.75, 3.05) is 24.4 Å². The van der Waals surface area contributed by atoms with Gasteiger partial charge < -0.3 is 24.3 Å². The van der Waals surface area contributed by atoms with Crippen LogP contribution in [0.2, 0.25) is 0 Å². The minimum Gasteiger partial charge on any atom is -0.467 e. The molecule has 1 amide bonds. The maximum absolute atomic E-state index is 12.7. The molecule has 4 N–H and O–H groups in total. The molecule has 2 aromatic carbocycles. The zero-order valence-corrected chi connectivity index (χ0v) is 18.4. The summed E-state index contributed by atoms with van der Waals surface area (Å²) in [5.74, 6) is -0.372. The Balaban J connectivity index is 1.46. The number of nitrogens with one attached hydrogen (secondary N) is 3. The Kier molecular flexibility index (Phi) is 6.20. The minimum absolute atomic E-state index is 0.0267. The van der Waals surface area contributed by atoms with Crippen LogP contribution in [0.1, 0.15) is 12.8 Å². The van der Waals surface area contributed by atoms with Crippen LogP contribution in [0.5, 0.6) is 5.75 Å². The highest BCUT2D eigenvalue weighted by Crippen LogP contribution is 2.30. The molecule has 174 valence electrons. The van der Waals surface area contributed by atoms with Crippen molar-refractivity contribution in [3.8, 4) is 5.75 Å². The average molecular weight is 474 g/mol. The van der Waals surface area contributed by atoms with Crippen molar-refractivity contribution in [1.82, 2.24) is 9.97 Å². The van der Waals surface area contributed by atoms with E-state index in [1.807, 2.05) is 0 Å². The van der Waals surface area contributed by atoms with E-state index in [-0.39, 0.29) is 28.4 Å². The van der Waals surface area contributed by atoms with E-state index < -0.39 is 28.7 Å². The van der Waals surface area contributed by atoms with Gasteiger partial charge in [0.25, 0.3) is 0 Å². The first kappa shape index (κ1) is 22.6. The summed E-state index contributed by atoms with van der Waals surface area (Å²) in [6.07, 6.45) is 1.73. The molecule has 1 aliphatic carbocycles. The second kappa shape index (κ2) is 9.08. The number of anilines is 2. The third-order valence-corrected chi connectivity index (χ3v) is 6.26. The number of esters is 1. The number of aromatic amines is 1. The number of amides is 1. The Morgan fingerprint density at radius 3 is 2.58 bits per heavy atom. The largest absolute Gasteiger partial charge is 0.467 e. The predicted octanol–water partition coefficient (Wildman–Crippen LogP) is 1.62. The summed E-state index contributed by atoms with van der Waals surface area (Å²) >= 11 is 0.